The number of amides is 1. The standard InChI is InChI=1S/C27H28N8O3.C4H4O4/c1-17-20(15-30-35(17)4)16-34(3)25(36)19-12-21(23-29-10-11-37-23)31-22(13-19)24-32-33-26(38-24)27(2,28)14-18-8-6-5-7-9-18;5-3(6)1-2-4(7)8/h5-13,15H,14,16,28H2,1-4H3;1-2H,(H,5,6)(H,7,8)/t27-;/m1./s1. The van der Waals surface area contributed by atoms with E-state index < -0.39 is 17.5 Å². The third-order valence-corrected chi connectivity index (χ3v) is 6.73. The monoisotopic (exact) mass is 628 g/mol. The van der Waals surface area contributed by atoms with Crippen LogP contribution >= 0.6 is 0 Å². The number of carbonyl (C=O) groups excluding carboxylic acids is 1. The molecule has 15 nitrogen and oxygen atoms in total. The molecule has 0 aliphatic heterocycles. The lowest BCUT2D eigenvalue weighted by atomic mass is 9.94. The number of aliphatic carboxylic acids is 2. The van der Waals surface area contributed by atoms with Crippen LogP contribution in [0.1, 0.15) is 40.0 Å². The van der Waals surface area contributed by atoms with Crippen LogP contribution in [0.15, 0.2) is 82.1 Å². The van der Waals surface area contributed by atoms with Crippen molar-refractivity contribution in [2.75, 3.05) is 7.05 Å². The SMILES string of the molecule is Cc1c(CN(C)C(=O)c2cc(-c3ncco3)nc(-c3nnc([C@](C)(N)Cc4ccccc4)o3)c2)cnn1C.O=C(O)C=CC(=O)O. The highest BCUT2D eigenvalue weighted by Crippen LogP contribution is 2.28. The molecular formula is C31H32N8O7. The van der Waals surface area contributed by atoms with E-state index in [9.17, 15) is 14.4 Å². The molecule has 4 heterocycles. The van der Waals surface area contributed by atoms with Crippen LogP contribution in [0.5, 0.6) is 0 Å². The Morgan fingerprint density at radius 2 is 1.70 bits per heavy atom. The Labute approximate surface area is 263 Å². The van der Waals surface area contributed by atoms with Crippen molar-refractivity contribution in [2.24, 2.45) is 12.8 Å². The summed E-state index contributed by atoms with van der Waals surface area (Å²) in [4.78, 5) is 43.0. The van der Waals surface area contributed by atoms with E-state index in [1.165, 1.54) is 12.5 Å². The first kappa shape index (κ1) is 32.9. The molecule has 5 rings (SSSR count). The molecule has 0 radical (unpaired) electrons. The van der Waals surface area contributed by atoms with Crippen LogP contribution in [0, 0.1) is 6.92 Å². The lowest BCUT2D eigenvalue weighted by Gasteiger charge is -2.20. The van der Waals surface area contributed by atoms with Crippen LogP contribution < -0.4 is 5.73 Å². The summed E-state index contributed by atoms with van der Waals surface area (Å²) in [6.07, 6.45) is 6.33. The molecule has 0 spiro atoms. The van der Waals surface area contributed by atoms with Crippen LogP contribution in [0.2, 0.25) is 0 Å². The van der Waals surface area contributed by atoms with Crippen molar-refractivity contribution in [2.45, 2.75) is 32.4 Å². The van der Waals surface area contributed by atoms with Gasteiger partial charge in [-0.15, -0.1) is 10.2 Å². The van der Waals surface area contributed by atoms with Gasteiger partial charge in [0.25, 0.3) is 11.8 Å². The molecule has 46 heavy (non-hydrogen) atoms. The number of nitrogens with two attached hydrogens (primary N) is 1. The zero-order valence-electron chi connectivity index (χ0n) is 25.5. The highest BCUT2D eigenvalue weighted by atomic mass is 16.4. The minimum Gasteiger partial charge on any atom is -0.478 e. The van der Waals surface area contributed by atoms with Crippen molar-refractivity contribution in [3.8, 4) is 23.2 Å². The summed E-state index contributed by atoms with van der Waals surface area (Å²) in [6, 6.07) is 13.1. The molecule has 238 valence electrons. The maximum Gasteiger partial charge on any atom is 0.328 e. The van der Waals surface area contributed by atoms with E-state index in [4.69, 9.17) is 24.8 Å². The molecule has 4 N–H and O–H groups in total. The molecule has 1 atom stereocenters. The van der Waals surface area contributed by atoms with Gasteiger partial charge >= 0.3 is 11.9 Å². The third-order valence-electron chi connectivity index (χ3n) is 6.73. The van der Waals surface area contributed by atoms with E-state index in [2.05, 4.69) is 25.3 Å². The zero-order chi connectivity index (χ0) is 33.4. The van der Waals surface area contributed by atoms with Gasteiger partial charge in [0.2, 0.25) is 11.8 Å². The molecule has 0 aliphatic rings. The molecule has 0 bridgehead atoms. The average molecular weight is 629 g/mol. The summed E-state index contributed by atoms with van der Waals surface area (Å²) in [5.41, 5.74) is 9.67. The van der Waals surface area contributed by atoms with Gasteiger partial charge in [0.05, 0.1) is 17.9 Å². The fraction of sp³-hybridized carbons (Fsp3) is 0.226. The molecule has 15 heteroatoms. The summed E-state index contributed by atoms with van der Waals surface area (Å²) in [5.74, 6) is -2.08. The van der Waals surface area contributed by atoms with E-state index in [1.807, 2.05) is 51.2 Å². The average Bonchev–Trinajstić information content (AvgIpc) is 3.80. The summed E-state index contributed by atoms with van der Waals surface area (Å²) < 4.78 is 13.2. The summed E-state index contributed by atoms with van der Waals surface area (Å²) in [5, 5.41) is 28.3. The predicted octanol–water partition coefficient (Wildman–Crippen LogP) is 3.23. The summed E-state index contributed by atoms with van der Waals surface area (Å²) >= 11 is 0. The highest BCUT2D eigenvalue weighted by molar-refractivity contribution is 5.95. The van der Waals surface area contributed by atoms with Crippen LogP contribution in [0.25, 0.3) is 23.2 Å². The second kappa shape index (κ2) is 14.2. The maximum atomic E-state index is 13.5. The second-order valence-electron chi connectivity index (χ2n) is 10.5. The topological polar surface area (TPSA) is 217 Å². The molecular weight excluding hydrogens is 596 g/mol. The molecule has 0 fully saturated rings. The Hall–Kier alpha value is -5.96. The predicted molar refractivity (Wildman–Crippen MR) is 163 cm³/mol. The summed E-state index contributed by atoms with van der Waals surface area (Å²) in [7, 11) is 3.59. The van der Waals surface area contributed by atoms with E-state index in [-0.39, 0.29) is 23.6 Å². The van der Waals surface area contributed by atoms with Crippen LogP contribution in [0.3, 0.4) is 0 Å². The molecule has 0 aliphatic carbocycles. The number of nitrogens with zero attached hydrogens (tertiary/aromatic N) is 7. The van der Waals surface area contributed by atoms with Gasteiger partial charge in [0.1, 0.15) is 17.7 Å². The fourth-order valence-corrected chi connectivity index (χ4v) is 4.27. The molecule has 0 saturated carbocycles. The third kappa shape index (κ3) is 8.35. The number of aryl methyl sites for hydroxylation is 1. The van der Waals surface area contributed by atoms with E-state index in [0.717, 1.165) is 16.8 Å². The lowest BCUT2D eigenvalue weighted by molar-refractivity contribution is -0.134. The van der Waals surface area contributed by atoms with Crippen LogP contribution in [-0.2, 0) is 35.1 Å². The van der Waals surface area contributed by atoms with E-state index >= 15 is 0 Å². The number of carbonyl (C=O) groups is 3. The molecule has 4 aromatic heterocycles. The Balaban J connectivity index is 0.000000533. The number of aromatic nitrogens is 6. The van der Waals surface area contributed by atoms with Crippen molar-refractivity contribution in [3.63, 3.8) is 0 Å². The van der Waals surface area contributed by atoms with Crippen molar-refractivity contribution < 1.29 is 33.4 Å². The van der Waals surface area contributed by atoms with Gasteiger partial charge < -0.3 is 29.7 Å². The van der Waals surface area contributed by atoms with Gasteiger partial charge in [-0.05, 0) is 38.0 Å². The Bertz CT molecular complexity index is 1830. The maximum absolute atomic E-state index is 13.5. The molecule has 5 aromatic rings. The second-order valence-corrected chi connectivity index (χ2v) is 10.5. The molecule has 1 amide bonds. The first-order valence-corrected chi connectivity index (χ1v) is 13.8. The molecule has 0 saturated heterocycles. The minimum absolute atomic E-state index is 0.137. The van der Waals surface area contributed by atoms with Gasteiger partial charge in [-0.25, -0.2) is 19.6 Å². The number of pyridine rings is 1. The largest absolute Gasteiger partial charge is 0.478 e. The minimum atomic E-state index is -1.26. The van der Waals surface area contributed by atoms with Gasteiger partial charge in [0, 0.05) is 49.6 Å². The zero-order valence-corrected chi connectivity index (χ0v) is 25.5. The number of benzene rings is 1. The Morgan fingerprint density at radius 3 is 2.26 bits per heavy atom. The normalized spacial score (nSPS) is 12.3. The number of carboxylic acids is 2. The van der Waals surface area contributed by atoms with Gasteiger partial charge in [0.15, 0.2) is 0 Å². The number of carboxylic acid groups (broad SMARTS) is 2. The van der Waals surface area contributed by atoms with Crippen molar-refractivity contribution in [1.82, 2.24) is 34.8 Å². The Morgan fingerprint density at radius 1 is 1.04 bits per heavy atom. The van der Waals surface area contributed by atoms with E-state index in [0.29, 0.717) is 42.1 Å². The van der Waals surface area contributed by atoms with E-state index in [1.54, 1.807) is 35.0 Å². The quantitative estimate of drug-likeness (QED) is 0.190. The first-order valence-electron chi connectivity index (χ1n) is 13.8. The van der Waals surface area contributed by atoms with Gasteiger partial charge in [-0.2, -0.15) is 5.10 Å². The number of hydrogen-bond acceptors (Lipinski definition) is 11. The van der Waals surface area contributed by atoms with Gasteiger partial charge in [-0.1, -0.05) is 30.3 Å². The number of oxazole rings is 1. The van der Waals surface area contributed by atoms with Crippen molar-refractivity contribution in [3.05, 3.63) is 102 Å². The fourth-order valence-electron chi connectivity index (χ4n) is 4.27. The summed E-state index contributed by atoms with van der Waals surface area (Å²) in [6.45, 7) is 4.18. The number of rotatable bonds is 10. The Kier molecular flexibility index (Phi) is 10.2. The van der Waals surface area contributed by atoms with Crippen molar-refractivity contribution >= 4 is 17.8 Å². The lowest BCUT2D eigenvalue weighted by Crippen LogP contribution is -2.35. The van der Waals surface area contributed by atoms with Crippen molar-refractivity contribution in [1.29, 1.82) is 0 Å². The van der Waals surface area contributed by atoms with Crippen LogP contribution in [-0.4, -0.2) is 70.0 Å². The van der Waals surface area contributed by atoms with Crippen LogP contribution in [0.4, 0.5) is 0 Å². The first-order chi connectivity index (χ1) is 21.8. The number of hydrogen-bond donors (Lipinski definition) is 3. The highest BCUT2D eigenvalue weighted by Gasteiger charge is 2.29. The molecule has 1 aromatic carbocycles. The van der Waals surface area contributed by atoms with Gasteiger partial charge in [-0.3, -0.25) is 9.48 Å². The molecule has 0 unspecified atom stereocenters. The smallest absolute Gasteiger partial charge is 0.328 e.